The van der Waals surface area contributed by atoms with Crippen LogP contribution in [0.2, 0.25) is 0 Å². The van der Waals surface area contributed by atoms with Gasteiger partial charge in [0.1, 0.15) is 18.3 Å². The average molecular weight is 293 g/mol. The quantitative estimate of drug-likeness (QED) is 0.583. The van der Waals surface area contributed by atoms with Gasteiger partial charge in [0.15, 0.2) is 0 Å². The molecule has 0 spiro atoms. The van der Waals surface area contributed by atoms with Crippen LogP contribution in [0.4, 0.5) is 0 Å². The summed E-state index contributed by atoms with van der Waals surface area (Å²) < 4.78 is 2.73. The van der Waals surface area contributed by atoms with E-state index in [1.165, 1.54) is 17.1 Å². The van der Waals surface area contributed by atoms with Crippen molar-refractivity contribution in [2.75, 3.05) is 0 Å². The monoisotopic (exact) mass is 293 g/mol. The van der Waals surface area contributed by atoms with Crippen LogP contribution in [0.15, 0.2) is 18.6 Å². The molecule has 0 aliphatic heterocycles. The second-order valence-corrected chi connectivity index (χ2v) is 4.44. The molecule has 112 valence electrons. The van der Waals surface area contributed by atoms with E-state index < -0.39 is 12.0 Å². The first-order valence-electron chi connectivity index (χ1n) is 6.08. The average Bonchev–Trinajstić information content (AvgIpc) is 3.03. The Morgan fingerprint density at radius 2 is 2.24 bits per heavy atom. The standard InChI is InChI=1S/C11H15N7O3/c1-17-4-7(2-14-17)10(12)11(21)13-3-8-5-18(16-15-8)6-9(19)20/h2,4-5,10H,3,6,12H2,1H3,(H,13,21)(H,19,20). The van der Waals surface area contributed by atoms with Gasteiger partial charge in [-0.1, -0.05) is 5.21 Å². The predicted molar refractivity (Wildman–Crippen MR) is 69.6 cm³/mol. The number of nitrogens with two attached hydrogens (primary N) is 1. The van der Waals surface area contributed by atoms with E-state index in [0.717, 1.165) is 0 Å². The first-order chi connectivity index (χ1) is 9.95. The van der Waals surface area contributed by atoms with Gasteiger partial charge in [0, 0.05) is 18.8 Å². The van der Waals surface area contributed by atoms with E-state index >= 15 is 0 Å². The van der Waals surface area contributed by atoms with Crippen LogP contribution in [0.5, 0.6) is 0 Å². The fraction of sp³-hybridized carbons (Fsp3) is 0.364. The molecule has 2 aromatic rings. The summed E-state index contributed by atoms with van der Waals surface area (Å²) in [7, 11) is 1.73. The SMILES string of the molecule is Cn1cc(C(N)C(=O)NCc2cn(CC(=O)O)nn2)cn1. The number of carboxylic acid groups (broad SMARTS) is 1. The molecular weight excluding hydrogens is 278 g/mol. The van der Waals surface area contributed by atoms with Gasteiger partial charge in [-0.25, -0.2) is 4.68 Å². The molecule has 0 aliphatic carbocycles. The zero-order chi connectivity index (χ0) is 15.4. The third-order valence-corrected chi connectivity index (χ3v) is 2.69. The molecule has 0 radical (unpaired) electrons. The molecule has 4 N–H and O–H groups in total. The van der Waals surface area contributed by atoms with Crippen LogP contribution in [0.25, 0.3) is 0 Å². The molecule has 0 aromatic carbocycles. The summed E-state index contributed by atoms with van der Waals surface area (Å²) in [6.07, 6.45) is 4.63. The molecule has 2 heterocycles. The molecule has 0 saturated heterocycles. The summed E-state index contributed by atoms with van der Waals surface area (Å²) in [6.45, 7) is -0.164. The van der Waals surface area contributed by atoms with Crippen LogP contribution in [-0.4, -0.2) is 41.8 Å². The zero-order valence-corrected chi connectivity index (χ0v) is 11.3. The molecule has 0 bridgehead atoms. The number of nitrogens with one attached hydrogen (secondary N) is 1. The Morgan fingerprint density at radius 1 is 1.48 bits per heavy atom. The predicted octanol–water partition coefficient (Wildman–Crippen LogP) is -1.59. The number of rotatable bonds is 6. The number of hydrogen-bond donors (Lipinski definition) is 3. The van der Waals surface area contributed by atoms with Gasteiger partial charge in [0.2, 0.25) is 5.91 Å². The number of aryl methyl sites for hydroxylation is 1. The summed E-state index contributed by atoms with van der Waals surface area (Å²) in [6, 6.07) is -0.826. The lowest BCUT2D eigenvalue weighted by Crippen LogP contribution is -2.33. The molecule has 10 heteroatoms. The Hall–Kier alpha value is -2.75. The minimum absolute atomic E-state index is 0.117. The second-order valence-electron chi connectivity index (χ2n) is 4.44. The summed E-state index contributed by atoms with van der Waals surface area (Å²) in [5, 5.41) is 22.6. The minimum atomic E-state index is -1.02. The summed E-state index contributed by atoms with van der Waals surface area (Å²) in [5.41, 5.74) is 6.85. The van der Waals surface area contributed by atoms with Crippen molar-refractivity contribution in [3.8, 4) is 0 Å². The topological polar surface area (TPSA) is 141 Å². The number of aromatic nitrogens is 5. The van der Waals surface area contributed by atoms with Crippen LogP contribution >= 0.6 is 0 Å². The third kappa shape index (κ3) is 3.86. The number of aliphatic carboxylic acids is 1. The fourth-order valence-electron chi connectivity index (χ4n) is 1.68. The van der Waals surface area contributed by atoms with Crippen LogP contribution < -0.4 is 11.1 Å². The number of carbonyl (C=O) groups is 2. The van der Waals surface area contributed by atoms with Gasteiger partial charge in [-0.2, -0.15) is 5.10 Å². The van der Waals surface area contributed by atoms with Crippen molar-refractivity contribution < 1.29 is 14.7 Å². The van der Waals surface area contributed by atoms with Gasteiger partial charge >= 0.3 is 5.97 Å². The second kappa shape index (κ2) is 6.13. The van der Waals surface area contributed by atoms with E-state index in [4.69, 9.17) is 10.8 Å². The first-order valence-corrected chi connectivity index (χ1v) is 6.08. The highest BCUT2D eigenvalue weighted by Crippen LogP contribution is 2.08. The molecule has 0 aliphatic rings. The lowest BCUT2D eigenvalue weighted by Gasteiger charge is -2.09. The van der Waals surface area contributed by atoms with Crippen molar-refractivity contribution in [2.24, 2.45) is 12.8 Å². The maximum absolute atomic E-state index is 11.9. The molecule has 0 fully saturated rings. The number of carboxylic acids is 1. The fourth-order valence-corrected chi connectivity index (χ4v) is 1.68. The minimum Gasteiger partial charge on any atom is -0.480 e. The van der Waals surface area contributed by atoms with Gasteiger partial charge in [-0.3, -0.25) is 14.3 Å². The van der Waals surface area contributed by atoms with E-state index in [0.29, 0.717) is 11.3 Å². The van der Waals surface area contributed by atoms with Gasteiger partial charge < -0.3 is 16.2 Å². The highest BCUT2D eigenvalue weighted by atomic mass is 16.4. The molecular formula is C11H15N7O3. The molecule has 10 nitrogen and oxygen atoms in total. The van der Waals surface area contributed by atoms with Crippen LogP contribution in [0.1, 0.15) is 17.3 Å². The molecule has 1 atom stereocenters. The molecule has 2 rings (SSSR count). The van der Waals surface area contributed by atoms with Gasteiger partial charge in [-0.05, 0) is 0 Å². The Bertz CT molecular complexity index is 648. The van der Waals surface area contributed by atoms with Crippen molar-refractivity contribution in [1.82, 2.24) is 30.1 Å². The van der Waals surface area contributed by atoms with Crippen molar-refractivity contribution in [3.63, 3.8) is 0 Å². The lowest BCUT2D eigenvalue weighted by molar-refractivity contribution is -0.138. The van der Waals surface area contributed by atoms with Crippen molar-refractivity contribution in [2.45, 2.75) is 19.1 Å². The summed E-state index contributed by atoms with van der Waals surface area (Å²) in [4.78, 5) is 22.4. The Morgan fingerprint density at radius 3 is 2.86 bits per heavy atom. The normalized spacial score (nSPS) is 12.1. The molecule has 1 unspecified atom stereocenters. The third-order valence-electron chi connectivity index (χ3n) is 2.69. The lowest BCUT2D eigenvalue weighted by atomic mass is 10.1. The van der Waals surface area contributed by atoms with Crippen LogP contribution in [0.3, 0.4) is 0 Å². The van der Waals surface area contributed by atoms with E-state index in [1.807, 2.05) is 0 Å². The van der Waals surface area contributed by atoms with Gasteiger partial charge in [0.05, 0.1) is 18.9 Å². The highest BCUT2D eigenvalue weighted by molar-refractivity contribution is 5.82. The maximum atomic E-state index is 11.9. The van der Waals surface area contributed by atoms with Crippen molar-refractivity contribution in [1.29, 1.82) is 0 Å². The maximum Gasteiger partial charge on any atom is 0.325 e. The molecule has 0 saturated carbocycles. The molecule has 1 amide bonds. The van der Waals surface area contributed by atoms with Crippen molar-refractivity contribution in [3.05, 3.63) is 29.8 Å². The number of amides is 1. The smallest absolute Gasteiger partial charge is 0.325 e. The van der Waals surface area contributed by atoms with E-state index in [-0.39, 0.29) is 19.0 Å². The summed E-state index contributed by atoms with van der Waals surface area (Å²) in [5.74, 6) is -1.40. The van der Waals surface area contributed by atoms with E-state index in [2.05, 4.69) is 20.7 Å². The molecule has 2 aromatic heterocycles. The zero-order valence-electron chi connectivity index (χ0n) is 11.3. The van der Waals surface area contributed by atoms with Crippen molar-refractivity contribution >= 4 is 11.9 Å². The Balaban J connectivity index is 1.88. The van der Waals surface area contributed by atoms with Crippen LogP contribution in [-0.2, 0) is 29.7 Å². The highest BCUT2D eigenvalue weighted by Gasteiger charge is 2.17. The van der Waals surface area contributed by atoms with E-state index in [9.17, 15) is 9.59 Å². The number of nitrogens with zero attached hydrogens (tertiary/aromatic N) is 5. The number of carbonyl (C=O) groups excluding carboxylic acids is 1. The van der Waals surface area contributed by atoms with Gasteiger partial charge in [-0.15, -0.1) is 5.10 Å². The first kappa shape index (κ1) is 14.7. The van der Waals surface area contributed by atoms with E-state index in [1.54, 1.807) is 17.9 Å². The molecule has 21 heavy (non-hydrogen) atoms. The van der Waals surface area contributed by atoms with Crippen LogP contribution in [0, 0.1) is 0 Å². The van der Waals surface area contributed by atoms with Gasteiger partial charge in [0.25, 0.3) is 0 Å². The largest absolute Gasteiger partial charge is 0.480 e. The Labute approximate surface area is 119 Å². The summed E-state index contributed by atoms with van der Waals surface area (Å²) >= 11 is 0. The Kier molecular flexibility index (Phi) is 4.28. The number of hydrogen-bond acceptors (Lipinski definition) is 6.